The van der Waals surface area contributed by atoms with Gasteiger partial charge in [0.2, 0.25) is 0 Å². The number of carbonyl (C=O) groups excluding carboxylic acids is 1. The van der Waals surface area contributed by atoms with Crippen molar-refractivity contribution in [3.8, 4) is 17.1 Å². The van der Waals surface area contributed by atoms with E-state index < -0.39 is 0 Å². The van der Waals surface area contributed by atoms with Crippen molar-refractivity contribution < 1.29 is 14.1 Å². The number of nitrogens with zero attached hydrogens (tertiary/aromatic N) is 1. The Labute approximate surface area is 168 Å². The molecule has 5 nitrogen and oxygen atoms in total. The summed E-state index contributed by atoms with van der Waals surface area (Å²) in [5, 5.41) is 7.57. The molecule has 3 aromatic rings. The highest BCUT2D eigenvalue weighted by Crippen LogP contribution is 2.35. The molecular formula is C22H21ClN2O3. The van der Waals surface area contributed by atoms with Crippen molar-refractivity contribution in [2.75, 3.05) is 11.9 Å². The van der Waals surface area contributed by atoms with Gasteiger partial charge in [-0.25, -0.2) is 0 Å². The van der Waals surface area contributed by atoms with Crippen LogP contribution in [0.4, 0.5) is 5.69 Å². The second kappa shape index (κ2) is 8.07. The first-order chi connectivity index (χ1) is 13.7. The normalized spacial score (nSPS) is 13.1. The zero-order valence-corrected chi connectivity index (χ0v) is 16.4. The fourth-order valence-corrected chi connectivity index (χ4v) is 3.67. The standard InChI is InChI=1S/C22H21ClN2O3/c1-2-27-20-10-6-4-8-16(20)22(26)24-19-13-14(11-12-17(19)23)21-15-7-3-5-9-18(15)25-28-21/h4,6,8,10-13H,2-3,5,7,9H2,1H3,(H,24,26). The van der Waals surface area contributed by atoms with Gasteiger partial charge in [-0.15, -0.1) is 0 Å². The molecule has 0 unspecified atom stereocenters. The number of amides is 1. The van der Waals surface area contributed by atoms with E-state index in [1.54, 1.807) is 24.3 Å². The Morgan fingerprint density at radius 3 is 2.89 bits per heavy atom. The monoisotopic (exact) mass is 396 g/mol. The SMILES string of the molecule is CCOc1ccccc1C(=O)Nc1cc(-c2onc3c2CCCC3)ccc1Cl. The first-order valence-corrected chi connectivity index (χ1v) is 9.85. The number of carbonyl (C=O) groups is 1. The van der Waals surface area contributed by atoms with Gasteiger partial charge in [0.25, 0.3) is 5.91 Å². The second-order valence-corrected chi connectivity index (χ2v) is 7.13. The summed E-state index contributed by atoms with van der Waals surface area (Å²) in [6.45, 7) is 2.37. The average molecular weight is 397 g/mol. The van der Waals surface area contributed by atoms with Crippen molar-refractivity contribution in [2.45, 2.75) is 32.6 Å². The molecule has 1 amide bonds. The zero-order chi connectivity index (χ0) is 19.5. The molecule has 1 heterocycles. The Hall–Kier alpha value is -2.79. The predicted molar refractivity (Wildman–Crippen MR) is 109 cm³/mol. The quantitative estimate of drug-likeness (QED) is 0.616. The number of hydrogen-bond acceptors (Lipinski definition) is 4. The van der Waals surface area contributed by atoms with E-state index in [9.17, 15) is 4.79 Å². The summed E-state index contributed by atoms with van der Waals surface area (Å²) in [7, 11) is 0. The third-order valence-electron chi connectivity index (χ3n) is 4.87. The van der Waals surface area contributed by atoms with E-state index in [0.29, 0.717) is 28.6 Å². The topological polar surface area (TPSA) is 64.4 Å². The fraction of sp³-hybridized carbons (Fsp3) is 0.273. The first kappa shape index (κ1) is 18.6. The van der Waals surface area contributed by atoms with Crippen LogP contribution in [0.5, 0.6) is 5.75 Å². The lowest BCUT2D eigenvalue weighted by molar-refractivity contribution is 0.102. The third kappa shape index (κ3) is 3.62. The van der Waals surface area contributed by atoms with Crippen molar-refractivity contribution in [1.82, 2.24) is 5.16 Å². The summed E-state index contributed by atoms with van der Waals surface area (Å²) in [5.41, 5.74) is 4.03. The van der Waals surface area contributed by atoms with Crippen LogP contribution in [0, 0.1) is 0 Å². The van der Waals surface area contributed by atoms with E-state index in [0.717, 1.165) is 48.3 Å². The van der Waals surface area contributed by atoms with Crippen LogP contribution in [-0.4, -0.2) is 17.7 Å². The molecule has 0 bridgehead atoms. The smallest absolute Gasteiger partial charge is 0.259 e. The Morgan fingerprint density at radius 1 is 1.21 bits per heavy atom. The van der Waals surface area contributed by atoms with Crippen LogP contribution in [0.15, 0.2) is 47.0 Å². The van der Waals surface area contributed by atoms with Crippen LogP contribution in [0.3, 0.4) is 0 Å². The number of halogens is 1. The summed E-state index contributed by atoms with van der Waals surface area (Å²) < 4.78 is 11.2. The van der Waals surface area contributed by atoms with Crippen molar-refractivity contribution >= 4 is 23.2 Å². The maximum Gasteiger partial charge on any atom is 0.259 e. The molecule has 0 atom stereocenters. The Balaban J connectivity index is 1.63. The molecule has 28 heavy (non-hydrogen) atoms. The Bertz CT molecular complexity index is 1010. The number of anilines is 1. The highest BCUT2D eigenvalue weighted by Gasteiger charge is 2.21. The summed E-state index contributed by atoms with van der Waals surface area (Å²) in [6, 6.07) is 12.6. The Kier molecular flexibility index (Phi) is 5.35. The van der Waals surface area contributed by atoms with Gasteiger partial charge in [0.05, 0.1) is 28.6 Å². The number of hydrogen-bond donors (Lipinski definition) is 1. The zero-order valence-electron chi connectivity index (χ0n) is 15.6. The summed E-state index contributed by atoms with van der Waals surface area (Å²) in [5.74, 6) is 1.03. The van der Waals surface area contributed by atoms with Gasteiger partial charge in [-0.05, 0) is 62.9 Å². The molecule has 0 fully saturated rings. The lowest BCUT2D eigenvalue weighted by atomic mass is 9.94. The number of fused-ring (bicyclic) bond motifs is 1. The maximum atomic E-state index is 12.8. The molecule has 1 N–H and O–H groups in total. The Morgan fingerprint density at radius 2 is 2.04 bits per heavy atom. The highest BCUT2D eigenvalue weighted by molar-refractivity contribution is 6.34. The van der Waals surface area contributed by atoms with Crippen LogP contribution in [0.2, 0.25) is 5.02 Å². The number of nitrogens with one attached hydrogen (secondary N) is 1. The molecule has 0 aliphatic heterocycles. The van der Waals surface area contributed by atoms with Crippen LogP contribution in [-0.2, 0) is 12.8 Å². The molecule has 2 aromatic carbocycles. The summed E-state index contributed by atoms with van der Waals surface area (Å²) >= 11 is 6.34. The van der Waals surface area contributed by atoms with Crippen LogP contribution >= 0.6 is 11.6 Å². The number of benzene rings is 2. The van der Waals surface area contributed by atoms with Gasteiger partial charge in [-0.1, -0.05) is 28.9 Å². The van der Waals surface area contributed by atoms with Gasteiger partial charge in [0.15, 0.2) is 5.76 Å². The lowest BCUT2D eigenvalue weighted by Crippen LogP contribution is -2.14. The molecule has 4 rings (SSSR count). The molecule has 6 heteroatoms. The third-order valence-corrected chi connectivity index (χ3v) is 5.20. The lowest BCUT2D eigenvalue weighted by Gasteiger charge is -2.13. The minimum Gasteiger partial charge on any atom is -0.493 e. The molecule has 0 saturated heterocycles. The highest BCUT2D eigenvalue weighted by atomic mass is 35.5. The van der Waals surface area contributed by atoms with E-state index in [1.165, 1.54) is 0 Å². The maximum absolute atomic E-state index is 12.8. The van der Waals surface area contributed by atoms with Gasteiger partial charge in [0, 0.05) is 11.1 Å². The summed E-state index contributed by atoms with van der Waals surface area (Å²) in [4.78, 5) is 12.8. The molecule has 144 valence electrons. The van der Waals surface area contributed by atoms with Gasteiger partial charge in [0.1, 0.15) is 5.75 Å². The van der Waals surface area contributed by atoms with E-state index in [4.69, 9.17) is 20.9 Å². The molecule has 0 saturated carbocycles. The molecule has 1 aliphatic carbocycles. The van der Waals surface area contributed by atoms with Crippen molar-refractivity contribution in [3.63, 3.8) is 0 Å². The fourth-order valence-electron chi connectivity index (χ4n) is 3.51. The number of rotatable bonds is 5. The number of ether oxygens (including phenoxy) is 1. The number of para-hydroxylation sites is 1. The van der Waals surface area contributed by atoms with E-state index >= 15 is 0 Å². The van der Waals surface area contributed by atoms with Gasteiger partial charge in [-0.2, -0.15) is 0 Å². The van der Waals surface area contributed by atoms with Gasteiger partial charge in [-0.3, -0.25) is 4.79 Å². The first-order valence-electron chi connectivity index (χ1n) is 9.48. The molecule has 0 spiro atoms. The van der Waals surface area contributed by atoms with Crippen molar-refractivity contribution in [3.05, 3.63) is 64.3 Å². The summed E-state index contributed by atoms with van der Waals surface area (Å²) in [6.07, 6.45) is 4.18. The van der Waals surface area contributed by atoms with Crippen LogP contribution in [0.25, 0.3) is 11.3 Å². The molecule has 1 aromatic heterocycles. The minimum absolute atomic E-state index is 0.275. The number of aromatic nitrogens is 1. The van der Waals surface area contributed by atoms with Gasteiger partial charge >= 0.3 is 0 Å². The molecular weight excluding hydrogens is 376 g/mol. The predicted octanol–water partition coefficient (Wildman–Crippen LogP) is 5.52. The van der Waals surface area contributed by atoms with Crippen molar-refractivity contribution in [2.24, 2.45) is 0 Å². The molecule has 1 aliphatic rings. The van der Waals surface area contributed by atoms with Crippen LogP contribution in [0.1, 0.15) is 41.4 Å². The largest absolute Gasteiger partial charge is 0.493 e. The van der Waals surface area contributed by atoms with Gasteiger partial charge < -0.3 is 14.6 Å². The van der Waals surface area contributed by atoms with E-state index in [1.807, 2.05) is 25.1 Å². The number of aryl methyl sites for hydroxylation is 1. The van der Waals surface area contributed by atoms with E-state index in [-0.39, 0.29) is 5.91 Å². The molecule has 0 radical (unpaired) electrons. The van der Waals surface area contributed by atoms with E-state index in [2.05, 4.69) is 10.5 Å². The average Bonchev–Trinajstić information content (AvgIpc) is 3.14. The second-order valence-electron chi connectivity index (χ2n) is 6.72. The minimum atomic E-state index is -0.275. The van der Waals surface area contributed by atoms with Crippen LogP contribution < -0.4 is 10.1 Å². The van der Waals surface area contributed by atoms with Crippen molar-refractivity contribution in [1.29, 1.82) is 0 Å².